The molecule has 3 aliphatic heterocycles. The Morgan fingerprint density at radius 3 is 2.22 bits per heavy atom. The highest BCUT2D eigenvalue weighted by Crippen LogP contribution is 2.39. The van der Waals surface area contributed by atoms with Gasteiger partial charge < -0.3 is 26.2 Å². The van der Waals surface area contributed by atoms with Gasteiger partial charge in [-0.2, -0.15) is 0 Å². The van der Waals surface area contributed by atoms with Crippen LogP contribution in [0, 0.1) is 18.8 Å². The molecule has 4 amide bonds. The van der Waals surface area contributed by atoms with Crippen LogP contribution in [0.3, 0.4) is 0 Å². The average Bonchev–Trinajstić information content (AvgIpc) is 2.96. The lowest BCUT2D eigenvalue weighted by molar-refractivity contribution is -0.141. The molecule has 6 rings (SSSR count). The molecular formula is C31H42ClN5O4. The van der Waals surface area contributed by atoms with Crippen LogP contribution in [0.25, 0.3) is 0 Å². The predicted octanol–water partition coefficient (Wildman–Crippen LogP) is 3.52. The zero-order valence-electron chi connectivity index (χ0n) is 24.0. The van der Waals surface area contributed by atoms with Crippen molar-refractivity contribution in [3.63, 3.8) is 0 Å². The number of nitrogens with one attached hydrogen (secondary N) is 2. The van der Waals surface area contributed by atoms with Crippen LogP contribution in [0.2, 0.25) is 5.02 Å². The van der Waals surface area contributed by atoms with Crippen molar-refractivity contribution in [1.82, 2.24) is 15.1 Å². The molecule has 0 radical (unpaired) electrons. The Kier molecular flexibility index (Phi) is 12.6. The second-order valence-corrected chi connectivity index (χ2v) is 11.2. The molecule has 0 aromatic heterocycles. The number of aryl methyl sites for hydroxylation is 1. The van der Waals surface area contributed by atoms with Crippen molar-refractivity contribution in [3.05, 3.63) is 64.2 Å². The highest BCUT2D eigenvalue weighted by Gasteiger charge is 2.38. The Morgan fingerprint density at radius 2 is 1.61 bits per heavy atom. The van der Waals surface area contributed by atoms with E-state index in [0.29, 0.717) is 36.5 Å². The summed E-state index contributed by atoms with van der Waals surface area (Å²) in [4.78, 5) is 49.8. The molecule has 4 aliphatic rings. The van der Waals surface area contributed by atoms with E-state index >= 15 is 0 Å². The molecule has 2 aromatic rings. The number of hydrogen-bond acceptors (Lipinski definition) is 5. The largest absolute Gasteiger partial charge is 0.350 e. The van der Waals surface area contributed by atoms with Crippen LogP contribution in [0.4, 0.5) is 5.69 Å². The third-order valence-corrected chi connectivity index (χ3v) is 7.89. The maximum atomic E-state index is 12.4. The molecule has 1 aliphatic carbocycles. The van der Waals surface area contributed by atoms with E-state index in [-0.39, 0.29) is 24.3 Å². The summed E-state index contributed by atoms with van der Waals surface area (Å²) < 4.78 is 0. The van der Waals surface area contributed by atoms with E-state index in [4.69, 9.17) is 17.3 Å². The average molecular weight is 584 g/mol. The molecule has 10 heteroatoms. The lowest BCUT2D eigenvalue weighted by atomic mass is 9.71. The number of piperidine rings is 2. The second kappa shape index (κ2) is 16.1. The van der Waals surface area contributed by atoms with Gasteiger partial charge in [0.2, 0.25) is 24.1 Å². The van der Waals surface area contributed by atoms with Crippen molar-refractivity contribution in [3.8, 4) is 0 Å². The lowest BCUT2D eigenvalue weighted by Gasteiger charge is -2.47. The van der Waals surface area contributed by atoms with Crippen LogP contribution in [0.15, 0.2) is 42.5 Å². The summed E-state index contributed by atoms with van der Waals surface area (Å²) in [7, 11) is 0. The van der Waals surface area contributed by atoms with E-state index in [9.17, 15) is 19.2 Å². The van der Waals surface area contributed by atoms with Gasteiger partial charge in [0, 0.05) is 49.7 Å². The molecule has 41 heavy (non-hydrogen) atoms. The van der Waals surface area contributed by atoms with E-state index < -0.39 is 0 Å². The summed E-state index contributed by atoms with van der Waals surface area (Å²) in [5.41, 5.74) is 8.99. The first-order valence-corrected chi connectivity index (χ1v) is 14.7. The van der Waals surface area contributed by atoms with Gasteiger partial charge in [0.15, 0.2) is 0 Å². The van der Waals surface area contributed by atoms with Crippen LogP contribution < -0.4 is 16.4 Å². The Balaban J connectivity index is 0.000000223. The number of fused-ring (bicyclic) bond motifs is 3. The first kappa shape index (κ1) is 32.1. The molecule has 0 unspecified atom stereocenters. The molecular weight excluding hydrogens is 542 g/mol. The minimum atomic E-state index is -0.274. The zero-order valence-corrected chi connectivity index (χ0v) is 24.8. The number of carbonyl (C=O) groups is 4. The van der Waals surface area contributed by atoms with Gasteiger partial charge in [-0.05, 0) is 79.5 Å². The molecule has 4 N–H and O–H groups in total. The van der Waals surface area contributed by atoms with Crippen LogP contribution in [0.1, 0.15) is 49.3 Å². The van der Waals surface area contributed by atoms with Gasteiger partial charge in [-0.1, -0.05) is 42.8 Å². The molecule has 9 nitrogen and oxygen atoms in total. The van der Waals surface area contributed by atoms with Crippen molar-refractivity contribution in [2.45, 2.75) is 52.5 Å². The quantitative estimate of drug-likeness (QED) is 0.430. The summed E-state index contributed by atoms with van der Waals surface area (Å²) in [6, 6.07) is 13.5. The summed E-state index contributed by atoms with van der Waals surface area (Å²) in [5, 5.41) is 5.55. The van der Waals surface area contributed by atoms with Gasteiger partial charge in [-0.25, -0.2) is 0 Å². The Labute approximate surface area is 247 Å². The second-order valence-electron chi connectivity index (χ2n) is 10.8. The smallest absolute Gasteiger partial charge is 0.243 e. The molecule has 2 aromatic carbocycles. The van der Waals surface area contributed by atoms with Gasteiger partial charge in [0.05, 0.1) is 6.54 Å². The van der Waals surface area contributed by atoms with Crippen molar-refractivity contribution in [1.29, 1.82) is 0 Å². The Morgan fingerprint density at radius 1 is 1.00 bits per heavy atom. The van der Waals surface area contributed by atoms with Crippen LogP contribution in [-0.2, 0) is 32.1 Å². The van der Waals surface area contributed by atoms with Crippen LogP contribution in [0.5, 0.6) is 0 Å². The van der Waals surface area contributed by atoms with Crippen LogP contribution in [-0.4, -0.2) is 66.7 Å². The topological polar surface area (TPSA) is 125 Å². The monoisotopic (exact) mass is 583 g/mol. The minimum Gasteiger partial charge on any atom is -0.350 e. The third kappa shape index (κ3) is 9.86. The van der Waals surface area contributed by atoms with Crippen molar-refractivity contribution in [2.24, 2.45) is 17.6 Å². The lowest BCUT2D eigenvalue weighted by Crippen LogP contribution is -2.51. The highest BCUT2D eigenvalue weighted by molar-refractivity contribution is 6.31. The number of hydrogen-bond donors (Lipinski definition) is 3. The summed E-state index contributed by atoms with van der Waals surface area (Å²) in [5.74, 6) is 1.47. The van der Waals surface area contributed by atoms with Gasteiger partial charge in [0.1, 0.15) is 0 Å². The molecule has 0 atom stereocenters. The van der Waals surface area contributed by atoms with Crippen molar-refractivity contribution >= 4 is 41.4 Å². The number of anilines is 1. The number of rotatable bonds is 7. The fourth-order valence-electron chi connectivity index (χ4n) is 5.37. The number of nitrogens with zero attached hydrogens (tertiary/aromatic N) is 2. The first-order valence-electron chi connectivity index (χ1n) is 14.3. The number of benzene rings is 2. The predicted molar refractivity (Wildman–Crippen MR) is 161 cm³/mol. The molecule has 3 heterocycles. The number of amides is 4. The minimum absolute atomic E-state index is 0.0365. The molecule has 2 bridgehead atoms. The number of halogens is 1. The van der Waals surface area contributed by atoms with Crippen molar-refractivity contribution < 1.29 is 19.2 Å². The van der Waals surface area contributed by atoms with Gasteiger partial charge in [-0.3, -0.25) is 19.2 Å². The number of nitrogens with two attached hydrogens (primary N) is 1. The summed E-state index contributed by atoms with van der Waals surface area (Å²) >= 11 is 5.83. The normalized spacial score (nSPS) is 18.2. The maximum absolute atomic E-state index is 12.4. The van der Waals surface area contributed by atoms with E-state index in [1.54, 1.807) is 18.2 Å². The molecule has 1 saturated carbocycles. The zero-order chi connectivity index (χ0) is 29.8. The van der Waals surface area contributed by atoms with E-state index in [1.807, 2.05) is 29.7 Å². The first-order chi connectivity index (χ1) is 19.7. The molecule has 222 valence electrons. The third-order valence-electron chi connectivity index (χ3n) is 7.47. The van der Waals surface area contributed by atoms with E-state index in [2.05, 4.69) is 28.8 Å². The molecule has 0 spiro atoms. The molecule has 2 saturated heterocycles. The van der Waals surface area contributed by atoms with Gasteiger partial charge >= 0.3 is 0 Å². The Bertz CT molecular complexity index is 1190. The van der Waals surface area contributed by atoms with Gasteiger partial charge in [-0.15, -0.1) is 0 Å². The number of carbonyl (C=O) groups excluding carboxylic acids is 4. The molecule has 3 fully saturated rings. The standard InChI is InChI=1S/C19H24N2O2.C10H11ClN2O2.C2H7N/c22-18(20-8-7-16-3-1-2-4-17(16)13-20)5-6-19(23)21-11-14-9-15(10-14)12-21;1-7-4-8(2-3-9(7)11)13-10(15)5-12-6-14;1-2-3/h1-4,14-15H,5-13H2;2-4,6H,5H2,1H3,(H,12,14)(H,13,15);2-3H2,1H3. The van der Waals surface area contributed by atoms with E-state index in [1.165, 1.54) is 24.0 Å². The Hall–Kier alpha value is -3.43. The highest BCUT2D eigenvalue weighted by atomic mass is 35.5. The van der Waals surface area contributed by atoms with Gasteiger partial charge in [0.25, 0.3) is 0 Å². The van der Waals surface area contributed by atoms with E-state index in [0.717, 1.165) is 50.0 Å². The van der Waals surface area contributed by atoms with Crippen molar-refractivity contribution in [2.75, 3.05) is 38.0 Å². The fourth-order valence-corrected chi connectivity index (χ4v) is 5.49. The SMILES string of the molecule is CCN.Cc1cc(NC(=O)CNC=O)ccc1Cl.O=C(CCC(=O)N1CC2CC(C2)C1)N1CCc2ccccc2C1. The van der Waals surface area contributed by atoms with Crippen LogP contribution >= 0.6 is 11.6 Å². The maximum Gasteiger partial charge on any atom is 0.243 e. The summed E-state index contributed by atoms with van der Waals surface area (Å²) in [6.45, 7) is 7.77. The fraction of sp³-hybridized carbons (Fsp3) is 0.484. The summed E-state index contributed by atoms with van der Waals surface area (Å²) in [6.07, 6.45) is 4.73.